The van der Waals surface area contributed by atoms with Crippen LogP contribution in [0, 0.1) is 33.1 Å². The number of hydrogen-bond donors (Lipinski definition) is 3. The van der Waals surface area contributed by atoms with E-state index >= 15 is 0 Å². The summed E-state index contributed by atoms with van der Waals surface area (Å²) in [7, 11) is -1.47. The molecule has 0 spiro atoms. The Bertz CT molecular complexity index is 476. The molecule has 0 atom stereocenters. The maximum atomic E-state index is 9.47. The van der Waals surface area contributed by atoms with Gasteiger partial charge >= 0.3 is 7.12 Å². The number of terminal acetylenes is 1. The summed E-state index contributed by atoms with van der Waals surface area (Å²) in [6.07, 6.45) is 5.86. The minimum atomic E-state index is -1.47. The van der Waals surface area contributed by atoms with E-state index in [4.69, 9.17) is 6.42 Å². The van der Waals surface area contributed by atoms with Crippen molar-refractivity contribution in [2.45, 2.75) is 32.9 Å². The molecule has 2 N–H and O–H groups in total. The fraction of sp³-hybridized carbons (Fsp3) is 0.385. The monoisotopic (exact) mass is 248 g/mol. The topological polar surface area (TPSA) is 40.5 Å². The molecular formula is C13H17BO2S. The van der Waals surface area contributed by atoms with Gasteiger partial charge in [0.05, 0.1) is 0 Å². The third-order valence-electron chi connectivity index (χ3n) is 3.31. The molecule has 0 aliphatic carbocycles. The zero-order valence-corrected chi connectivity index (χ0v) is 11.3. The van der Waals surface area contributed by atoms with Crippen LogP contribution in [0.25, 0.3) is 0 Å². The van der Waals surface area contributed by atoms with E-state index in [1.54, 1.807) is 0 Å². The summed E-state index contributed by atoms with van der Waals surface area (Å²) in [5.74, 6) is 3.18. The van der Waals surface area contributed by atoms with Gasteiger partial charge in [0.1, 0.15) is 0 Å². The Kier molecular flexibility index (Phi) is 4.70. The van der Waals surface area contributed by atoms with Crippen molar-refractivity contribution in [3.63, 3.8) is 0 Å². The summed E-state index contributed by atoms with van der Waals surface area (Å²) in [6, 6.07) is 0. The lowest BCUT2D eigenvalue weighted by Crippen LogP contribution is -2.36. The molecule has 1 aromatic rings. The van der Waals surface area contributed by atoms with Crippen LogP contribution in [0.5, 0.6) is 0 Å². The number of thiol groups is 1. The highest BCUT2D eigenvalue weighted by atomic mass is 32.1. The van der Waals surface area contributed by atoms with E-state index in [0.29, 0.717) is 17.6 Å². The van der Waals surface area contributed by atoms with Crippen LogP contribution in [0.15, 0.2) is 0 Å². The van der Waals surface area contributed by atoms with E-state index < -0.39 is 7.12 Å². The summed E-state index contributed by atoms with van der Waals surface area (Å²) >= 11 is 4.30. The molecule has 0 unspecified atom stereocenters. The van der Waals surface area contributed by atoms with Crippen LogP contribution >= 0.6 is 12.6 Å². The Morgan fingerprint density at radius 3 is 2.06 bits per heavy atom. The first-order valence-corrected chi connectivity index (χ1v) is 6.10. The smallest absolute Gasteiger partial charge is 0.423 e. The zero-order chi connectivity index (χ0) is 13.2. The molecule has 0 heterocycles. The van der Waals surface area contributed by atoms with Gasteiger partial charge in [0, 0.05) is 12.2 Å². The third kappa shape index (κ3) is 2.52. The predicted octanol–water partition coefficient (Wildman–Crippen LogP) is 0.897. The molecule has 0 saturated heterocycles. The first-order valence-electron chi connectivity index (χ1n) is 5.47. The van der Waals surface area contributed by atoms with Gasteiger partial charge in [-0.3, -0.25) is 0 Å². The van der Waals surface area contributed by atoms with Crippen molar-refractivity contribution in [2.24, 2.45) is 0 Å². The molecule has 0 fully saturated rings. The van der Waals surface area contributed by atoms with E-state index in [0.717, 1.165) is 27.8 Å². The van der Waals surface area contributed by atoms with Gasteiger partial charge in [0.15, 0.2) is 0 Å². The van der Waals surface area contributed by atoms with Crippen molar-refractivity contribution < 1.29 is 10.0 Å². The Morgan fingerprint density at radius 1 is 1.12 bits per heavy atom. The van der Waals surface area contributed by atoms with E-state index in [2.05, 4.69) is 18.5 Å². The SMILES string of the molecule is C#CCc1c(C)c(CS)c(C)c(B(O)O)c1C. The van der Waals surface area contributed by atoms with Crippen LogP contribution in [0.1, 0.15) is 27.8 Å². The minimum Gasteiger partial charge on any atom is -0.423 e. The first-order chi connectivity index (χ1) is 7.95. The van der Waals surface area contributed by atoms with Crippen LogP contribution in [0.4, 0.5) is 0 Å². The average Bonchev–Trinajstić information content (AvgIpc) is 2.24. The quantitative estimate of drug-likeness (QED) is 0.422. The van der Waals surface area contributed by atoms with Crippen molar-refractivity contribution in [1.82, 2.24) is 0 Å². The van der Waals surface area contributed by atoms with Crippen LogP contribution in [-0.2, 0) is 12.2 Å². The Hall–Kier alpha value is -0.885. The van der Waals surface area contributed by atoms with Crippen LogP contribution in [-0.4, -0.2) is 17.2 Å². The molecule has 1 aromatic carbocycles. The van der Waals surface area contributed by atoms with Crippen molar-refractivity contribution in [2.75, 3.05) is 0 Å². The standard InChI is InChI=1S/C13H17BO2S/c1-5-6-11-8(2)12(7-17)10(4)13(9(11)3)14(15)16/h1,15-17H,6-7H2,2-4H3. The van der Waals surface area contributed by atoms with Gasteiger partial charge in [-0.1, -0.05) is 0 Å². The highest BCUT2D eigenvalue weighted by Crippen LogP contribution is 2.22. The fourth-order valence-corrected chi connectivity index (χ4v) is 2.82. The Morgan fingerprint density at radius 2 is 1.65 bits per heavy atom. The second kappa shape index (κ2) is 5.64. The largest absolute Gasteiger partial charge is 0.488 e. The van der Waals surface area contributed by atoms with Crippen LogP contribution < -0.4 is 5.46 Å². The molecule has 90 valence electrons. The molecule has 0 bridgehead atoms. The van der Waals surface area contributed by atoms with Crippen molar-refractivity contribution in [1.29, 1.82) is 0 Å². The van der Waals surface area contributed by atoms with Gasteiger partial charge in [-0.05, 0) is 54.1 Å². The molecule has 1 rings (SSSR count). The maximum absolute atomic E-state index is 9.47. The predicted molar refractivity (Wildman–Crippen MR) is 75.7 cm³/mol. The van der Waals surface area contributed by atoms with E-state index in [1.165, 1.54) is 0 Å². The molecule has 4 heteroatoms. The normalized spacial score (nSPS) is 10.2. The summed E-state index contributed by atoms with van der Waals surface area (Å²) in [5.41, 5.74) is 5.48. The Labute approximate surface area is 109 Å². The lowest BCUT2D eigenvalue weighted by Gasteiger charge is -2.20. The molecule has 0 saturated carbocycles. The molecule has 2 nitrogen and oxygen atoms in total. The number of rotatable bonds is 3. The summed E-state index contributed by atoms with van der Waals surface area (Å²) in [5, 5.41) is 18.9. The zero-order valence-electron chi connectivity index (χ0n) is 10.4. The number of benzene rings is 1. The minimum absolute atomic E-state index is 0.498. The van der Waals surface area contributed by atoms with Crippen LogP contribution in [0.3, 0.4) is 0 Å². The Balaban J connectivity index is 3.64. The van der Waals surface area contributed by atoms with Gasteiger partial charge in [-0.2, -0.15) is 12.6 Å². The van der Waals surface area contributed by atoms with E-state index in [9.17, 15) is 10.0 Å². The second-order valence-corrected chi connectivity index (χ2v) is 4.47. The summed E-state index contributed by atoms with van der Waals surface area (Å²) < 4.78 is 0. The molecule has 0 aromatic heterocycles. The molecular weight excluding hydrogens is 231 g/mol. The lowest BCUT2D eigenvalue weighted by molar-refractivity contribution is 0.425. The van der Waals surface area contributed by atoms with E-state index in [-0.39, 0.29) is 0 Å². The fourth-order valence-electron chi connectivity index (χ4n) is 2.34. The summed E-state index contributed by atoms with van der Waals surface area (Å²) in [4.78, 5) is 0. The first kappa shape index (κ1) is 14.2. The summed E-state index contributed by atoms with van der Waals surface area (Å²) in [6.45, 7) is 5.77. The van der Waals surface area contributed by atoms with Crippen molar-refractivity contribution in [3.05, 3.63) is 27.8 Å². The average molecular weight is 248 g/mol. The molecule has 0 radical (unpaired) electrons. The van der Waals surface area contributed by atoms with E-state index in [1.807, 2.05) is 20.8 Å². The molecule has 0 aliphatic heterocycles. The number of hydrogen-bond acceptors (Lipinski definition) is 3. The highest BCUT2D eigenvalue weighted by molar-refractivity contribution is 7.79. The highest BCUT2D eigenvalue weighted by Gasteiger charge is 2.23. The maximum Gasteiger partial charge on any atom is 0.488 e. The van der Waals surface area contributed by atoms with Gasteiger partial charge in [0.2, 0.25) is 0 Å². The third-order valence-corrected chi connectivity index (χ3v) is 3.63. The van der Waals surface area contributed by atoms with Gasteiger partial charge < -0.3 is 10.0 Å². The van der Waals surface area contributed by atoms with Gasteiger partial charge in [0.25, 0.3) is 0 Å². The van der Waals surface area contributed by atoms with Crippen LogP contribution in [0.2, 0.25) is 0 Å². The lowest BCUT2D eigenvalue weighted by atomic mass is 9.70. The van der Waals surface area contributed by atoms with Crippen molar-refractivity contribution in [3.8, 4) is 12.3 Å². The second-order valence-electron chi connectivity index (χ2n) is 4.16. The van der Waals surface area contributed by atoms with Gasteiger partial charge in [-0.25, -0.2) is 0 Å². The van der Waals surface area contributed by atoms with Crippen molar-refractivity contribution >= 4 is 25.2 Å². The molecule has 17 heavy (non-hydrogen) atoms. The van der Waals surface area contributed by atoms with Gasteiger partial charge in [-0.15, -0.1) is 12.3 Å². The molecule has 0 aliphatic rings. The molecule has 0 amide bonds.